The van der Waals surface area contributed by atoms with Gasteiger partial charge in [0.2, 0.25) is 0 Å². The van der Waals surface area contributed by atoms with E-state index in [0.29, 0.717) is 17.8 Å². The van der Waals surface area contributed by atoms with E-state index in [2.05, 4.69) is 11.4 Å². The molecule has 1 spiro atoms. The Balaban J connectivity index is 1.40. The molecule has 1 atom stereocenters. The van der Waals surface area contributed by atoms with E-state index in [-0.39, 0.29) is 21.9 Å². The zero-order chi connectivity index (χ0) is 25.3. The highest BCUT2D eigenvalue weighted by Crippen LogP contribution is 2.45. The molecule has 2 amide bonds. The summed E-state index contributed by atoms with van der Waals surface area (Å²) in [5.41, 5.74) is 3.15. The molecule has 5 rings (SSSR count). The van der Waals surface area contributed by atoms with E-state index in [1.807, 2.05) is 24.3 Å². The van der Waals surface area contributed by atoms with Crippen LogP contribution in [0, 0.1) is 11.2 Å². The molecule has 182 valence electrons. The molecule has 0 unspecified atom stereocenters. The lowest BCUT2D eigenvalue weighted by Crippen LogP contribution is -2.33. The number of benzene rings is 3. The van der Waals surface area contributed by atoms with Gasteiger partial charge in [0.1, 0.15) is 12.1 Å². The number of carbonyl (C=O) groups is 3. The van der Waals surface area contributed by atoms with Gasteiger partial charge in [-0.2, -0.15) is 0 Å². The third-order valence-electron chi connectivity index (χ3n) is 7.03. The molecule has 1 N–H and O–H groups in total. The van der Waals surface area contributed by atoms with Gasteiger partial charge in [0.25, 0.3) is 11.8 Å². The number of carbonyl (C=O) groups excluding carboxylic acids is 3. The second kappa shape index (κ2) is 9.70. The maximum atomic E-state index is 13.9. The third-order valence-corrected chi connectivity index (χ3v) is 7.35. The van der Waals surface area contributed by atoms with Crippen LogP contribution in [0.5, 0.6) is 0 Å². The number of para-hydroxylation sites is 1. The largest absolute Gasteiger partial charge is 0.322 e. The van der Waals surface area contributed by atoms with Gasteiger partial charge >= 0.3 is 0 Å². The highest BCUT2D eigenvalue weighted by atomic mass is 35.5. The number of aldehydes is 1. The first-order valence-corrected chi connectivity index (χ1v) is 12.2. The Morgan fingerprint density at radius 1 is 1.00 bits per heavy atom. The summed E-state index contributed by atoms with van der Waals surface area (Å²) in [5, 5.41) is 2.82. The number of halogens is 2. The normalized spacial score (nSPS) is 18.8. The van der Waals surface area contributed by atoms with Crippen molar-refractivity contribution in [2.45, 2.75) is 25.7 Å². The standard InChI is InChI=1S/C29H24ClFN2O3/c30-24-15-21(32-27(35)23-6-2-3-7-25(23)31)9-10-22(24)28(36)33-14-13-29(12-11-19(16-29)18-34)17-20-5-1-4-8-26(20)33/h1-10,15-16,18H,11-14,17H2,(H,32,35)/t29-/m0/s1. The summed E-state index contributed by atoms with van der Waals surface area (Å²) in [4.78, 5) is 39.3. The van der Waals surface area contributed by atoms with Gasteiger partial charge in [-0.3, -0.25) is 14.4 Å². The number of nitrogens with one attached hydrogen (secondary N) is 1. The van der Waals surface area contributed by atoms with E-state index < -0.39 is 11.7 Å². The molecule has 0 radical (unpaired) electrons. The lowest BCUT2D eigenvalue weighted by Gasteiger charge is -2.26. The van der Waals surface area contributed by atoms with Crippen molar-refractivity contribution in [1.82, 2.24) is 0 Å². The summed E-state index contributed by atoms with van der Waals surface area (Å²) in [7, 11) is 0. The Morgan fingerprint density at radius 3 is 2.53 bits per heavy atom. The molecule has 36 heavy (non-hydrogen) atoms. The predicted octanol–water partition coefficient (Wildman–Crippen LogP) is 6.23. The van der Waals surface area contributed by atoms with Gasteiger partial charge in [0.05, 0.1) is 16.1 Å². The number of hydrogen-bond acceptors (Lipinski definition) is 3. The summed E-state index contributed by atoms with van der Waals surface area (Å²) in [6.45, 7) is 0.487. The van der Waals surface area contributed by atoms with Crippen molar-refractivity contribution in [2.24, 2.45) is 5.41 Å². The van der Waals surface area contributed by atoms with Crippen molar-refractivity contribution in [2.75, 3.05) is 16.8 Å². The fourth-order valence-corrected chi connectivity index (χ4v) is 5.43. The van der Waals surface area contributed by atoms with Gasteiger partial charge in [-0.25, -0.2) is 4.39 Å². The van der Waals surface area contributed by atoms with Crippen molar-refractivity contribution in [3.05, 3.63) is 106 Å². The second-order valence-electron chi connectivity index (χ2n) is 9.34. The lowest BCUT2D eigenvalue weighted by atomic mass is 9.79. The van der Waals surface area contributed by atoms with Crippen LogP contribution in [0.2, 0.25) is 5.02 Å². The number of nitrogens with zero attached hydrogens (tertiary/aromatic N) is 1. The van der Waals surface area contributed by atoms with Crippen LogP contribution in [-0.4, -0.2) is 24.6 Å². The summed E-state index contributed by atoms with van der Waals surface area (Å²) in [6.07, 6.45) is 6.16. The van der Waals surface area contributed by atoms with Crippen LogP contribution >= 0.6 is 11.6 Å². The van der Waals surface area contributed by atoms with Crippen molar-refractivity contribution in [3.8, 4) is 0 Å². The Labute approximate surface area is 213 Å². The number of fused-ring (bicyclic) bond motifs is 1. The van der Waals surface area contributed by atoms with Gasteiger partial charge in [-0.05, 0) is 78.6 Å². The van der Waals surface area contributed by atoms with Crippen LogP contribution in [0.3, 0.4) is 0 Å². The highest BCUT2D eigenvalue weighted by molar-refractivity contribution is 6.35. The summed E-state index contributed by atoms with van der Waals surface area (Å²) < 4.78 is 13.9. The Morgan fingerprint density at radius 2 is 1.78 bits per heavy atom. The number of amides is 2. The molecule has 0 bridgehead atoms. The molecule has 0 saturated carbocycles. The molecule has 1 aliphatic carbocycles. The number of rotatable bonds is 4. The fourth-order valence-electron chi connectivity index (χ4n) is 5.17. The minimum atomic E-state index is -0.622. The highest BCUT2D eigenvalue weighted by Gasteiger charge is 2.38. The Kier molecular flexibility index (Phi) is 6.46. The van der Waals surface area contributed by atoms with Crippen LogP contribution in [0.15, 0.2) is 78.4 Å². The topological polar surface area (TPSA) is 66.5 Å². The zero-order valence-corrected chi connectivity index (χ0v) is 20.2. The first kappa shape index (κ1) is 23.9. The maximum Gasteiger partial charge on any atom is 0.259 e. The average Bonchev–Trinajstić information content (AvgIpc) is 3.20. The van der Waals surface area contributed by atoms with Crippen LogP contribution < -0.4 is 10.2 Å². The SMILES string of the molecule is O=CC1=C[C@]2(CC1)CCN(C(=O)c1ccc(NC(=O)c3ccccc3F)cc1Cl)c1ccccc1C2. The van der Waals surface area contributed by atoms with E-state index in [9.17, 15) is 18.8 Å². The summed E-state index contributed by atoms with van der Waals surface area (Å²) in [5.74, 6) is -1.47. The molecule has 5 nitrogen and oxygen atoms in total. The van der Waals surface area contributed by atoms with Gasteiger partial charge in [-0.15, -0.1) is 0 Å². The van der Waals surface area contributed by atoms with Crippen LogP contribution in [0.4, 0.5) is 15.8 Å². The second-order valence-corrected chi connectivity index (χ2v) is 9.75. The third kappa shape index (κ3) is 4.56. The number of hydrogen-bond donors (Lipinski definition) is 1. The molecule has 0 saturated heterocycles. The molecular weight excluding hydrogens is 479 g/mol. The first-order valence-electron chi connectivity index (χ1n) is 11.8. The lowest BCUT2D eigenvalue weighted by molar-refractivity contribution is -0.105. The van der Waals surface area contributed by atoms with Gasteiger partial charge in [-0.1, -0.05) is 48.0 Å². The molecule has 3 aromatic carbocycles. The van der Waals surface area contributed by atoms with Gasteiger partial charge in [0.15, 0.2) is 0 Å². The van der Waals surface area contributed by atoms with Crippen LogP contribution in [0.1, 0.15) is 45.5 Å². The average molecular weight is 503 g/mol. The smallest absolute Gasteiger partial charge is 0.259 e. The van der Waals surface area contributed by atoms with E-state index in [4.69, 9.17) is 11.6 Å². The molecular formula is C29H24ClFN2O3. The number of anilines is 2. The van der Waals surface area contributed by atoms with E-state index in [1.165, 1.54) is 24.3 Å². The van der Waals surface area contributed by atoms with E-state index in [1.54, 1.807) is 23.1 Å². The summed E-state index contributed by atoms with van der Waals surface area (Å²) in [6, 6.07) is 18.2. The number of allylic oxidation sites excluding steroid dienone is 2. The molecule has 7 heteroatoms. The monoisotopic (exact) mass is 502 g/mol. The van der Waals surface area contributed by atoms with Crippen LogP contribution in [-0.2, 0) is 11.2 Å². The Hall–Kier alpha value is -3.77. The molecule has 1 heterocycles. The van der Waals surface area contributed by atoms with Gasteiger partial charge in [0, 0.05) is 17.9 Å². The van der Waals surface area contributed by atoms with Crippen LogP contribution in [0.25, 0.3) is 0 Å². The minimum Gasteiger partial charge on any atom is -0.322 e. The maximum absolute atomic E-state index is 13.9. The molecule has 1 aliphatic heterocycles. The van der Waals surface area contributed by atoms with Gasteiger partial charge < -0.3 is 10.2 Å². The van der Waals surface area contributed by atoms with Crippen molar-refractivity contribution in [1.29, 1.82) is 0 Å². The zero-order valence-electron chi connectivity index (χ0n) is 19.5. The quantitative estimate of drug-likeness (QED) is 0.430. The van der Waals surface area contributed by atoms with E-state index >= 15 is 0 Å². The first-order chi connectivity index (χ1) is 17.4. The molecule has 3 aromatic rings. The molecule has 0 aromatic heterocycles. The van der Waals surface area contributed by atoms with Crippen molar-refractivity contribution >= 4 is 41.1 Å². The van der Waals surface area contributed by atoms with Crippen molar-refractivity contribution in [3.63, 3.8) is 0 Å². The Bertz CT molecular complexity index is 1400. The minimum absolute atomic E-state index is 0.0809. The molecule has 2 aliphatic rings. The fraction of sp³-hybridized carbons (Fsp3) is 0.207. The predicted molar refractivity (Wildman–Crippen MR) is 138 cm³/mol. The molecule has 0 fully saturated rings. The van der Waals surface area contributed by atoms with Crippen molar-refractivity contribution < 1.29 is 18.8 Å². The summed E-state index contributed by atoms with van der Waals surface area (Å²) >= 11 is 6.51. The van der Waals surface area contributed by atoms with E-state index in [0.717, 1.165) is 48.8 Å².